The van der Waals surface area contributed by atoms with Crippen molar-refractivity contribution in [3.05, 3.63) is 81.9 Å². The molecule has 2 aliphatic rings. The average molecular weight is 574 g/mol. The Kier molecular flexibility index (Phi) is 42.2. The molecule has 0 aliphatic carbocycles. The van der Waals surface area contributed by atoms with Crippen molar-refractivity contribution in [3.8, 4) is 0 Å². The summed E-state index contributed by atoms with van der Waals surface area (Å²) in [4.78, 5) is 26.7. The first-order valence-electron chi connectivity index (χ1n) is 5.15. The molecule has 2 rings (SSSR count). The second-order valence-electron chi connectivity index (χ2n) is 3.13. The van der Waals surface area contributed by atoms with E-state index in [2.05, 4.69) is 20.7 Å². The summed E-state index contributed by atoms with van der Waals surface area (Å²) in [6.07, 6.45) is 7.68. The molecule has 12 N–H and O–H groups in total. The monoisotopic (exact) mass is 575 g/mol. The van der Waals surface area contributed by atoms with Gasteiger partial charge in [-0.1, -0.05) is 0 Å². The van der Waals surface area contributed by atoms with Gasteiger partial charge in [0, 0.05) is 25.0 Å². The van der Waals surface area contributed by atoms with Crippen LogP contribution in [0.25, 0.3) is 0 Å². The summed E-state index contributed by atoms with van der Waals surface area (Å²) in [5.41, 5.74) is 0.929. The smallest absolute Gasteiger partial charge is 0.457 e. The van der Waals surface area contributed by atoms with Crippen molar-refractivity contribution in [2.45, 2.75) is 0 Å². The van der Waals surface area contributed by atoms with E-state index in [1.807, 2.05) is 36.5 Å². The van der Waals surface area contributed by atoms with Gasteiger partial charge in [-0.2, -0.15) is 0 Å². The van der Waals surface area contributed by atoms with Crippen molar-refractivity contribution in [2.75, 3.05) is 7.05 Å². The molecule has 0 aromatic rings. The second-order valence-corrected chi connectivity index (χ2v) is 3.13. The molecule has 0 unspecified atom stereocenters. The molecule has 2 aliphatic heterocycles. The van der Waals surface area contributed by atoms with Gasteiger partial charge < -0.3 is 72.8 Å². The first kappa shape index (κ1) is 45.0. The Hall–Kier alpha value is -3.00. The molecule has 167 valence electrons. The van der Waals surface area contributed by atoms with Crippen LogP contribution in [0.1, 0.15) is 0 Å². The predicted molar refractivity (Wildman–Crippen MR) is 93.4 cm³/mol. The predicted octanol–water partition coefficient (Wildman–Crippen LogP) is -2.40. The zero-order valence-electron chi connectivity index (χ0n) is 14.3. The van der Waals surface area contributed by atoms with Gasteiger partial charge in [-0.3, -0.25) is 0 Å². The van der Waals surface area contributed by atoms with E-state index in [9.17, 15) is 0 Å². The quantitative estimate of drug-likeness (QED) is 0.168. The molecule has 0 spiro atoms. The molecule has 22 heteroatoms. The zero-order chi connectivity index (χ0) is 19.1. The Morgan fingerprint density at radius 1 is 0.724 bits per heavy atom. The van der Waals surface area contributed by atoms with Gasteiger partial charge in [-0.15, -0.1) is 10.2 Å². The third kappa shape index (κ3) is 40.8. The summed E-state index contributed by atoms with van der Waals surface area (Å²) in [5, 5.41) is 58.5. The van der Waals surface area contributed by atoms with E-state index in [-0.39, 0.29) is 62.3 Å². The van der Waals surface area contributed by atoms with Crippen molar-refractivity contribution in [3.63, 3.8) is 0 Å². The van der Waals surface area contributed by atoms with Gasteiger partial charge in [0.15, 0.2) is 0 Å². The van der Waals surface area contributed by atoms with Crippen LogP contribution < -0.4 is 0 Å². The Bertz CT molecular complexity index is 535. The van der Waals surface area contributed by atoms with Crippen LogP contribution >= 0.6 is 0 Å². The molecule has 0 saturated heterocycles. The second kappa shape index (κ2) is 27.2. The third-order valence-corrected chi connectivity index (χ3v) is 1.56. The van der Waals surface area contributed by atoms with E-state index < -0.39 is 15.3 Å². The Balaban J connectivity index is -0.0000000495. The van der Waals surface area contributed by atoms with Crippen LogP contribution in [0.15, 0.2) is 56.6 Å². The van der Waals surface area contributed by atoms with Crippen LogP contribution in [0.5, 0.6) is 0 Å². The molecule has 29 heavy (non-hydrogen) atoms. The minimum Gasteiger partial charge on any atom is -0.457 e. The van der Waals surface area contributed by atoms with Crippen molar-refractivity contribution in [1.82, 2.24) is 4.90 Å². The average Bonchev–Trinajstić information content (AvgIpc) is 2.91. The van der Waals surface area contributed by atoms with Crippen LogP contribution in [0.3, 0.4) is 0 Å². The summed E-state index contributed by atoms with van der Waals surface area (Å²) in [6, 6.07) is 0. The fraction of sp³-hybridized carbons (Fsp3) is 0.143. The first-order valence-corrected chi connectivity index (χ1v) is 5.15. The minimum atomic E-state index is -1.75. The maximum atomic E-state index is 8.25. The molecule has 0 aromatic heterocycles. The molecular formula is C7H19N8O13Sm+4. The topological polar surface area (TPSA) is 383 Å². The number of rotatable bonds is 0. The number of hydrogen-bond donors (Lipinski definition) is 0. The molecule has 0 bridgehead atoms. The molecule has 0 atom stereocenters. The van der Waals surface area contributed by atoms with E-state index in [0.29, 0.717) is 5.82 Å². The Morgan fingerprint density at radius 2 is 0.966 bits per heavy atom. The van der Waals surface area contributed by atoms with Crippen molar-refractivity contribution >= 4 is 0 Å². The number of allylic oxidation sites excluding steroid dienone is 3. The van der Waals surface area contributed by atoms with E-state index in [1.165, 1.54) is 0 Å². The standard InChI is InChI=1S/C7H7N5.3NO3.4H2O.Sm/c1-12-4-2-6(3-5-12)7-8-10-11-9-7;3*2-1(3)4;;;;;/h2-5H,1H3;;;;4*1H2;/q;3*-1;;;;;+3/p+4. The number of nitrogens with zero attached hydrogens (tertiary/aromatic N) is 8. The van der Waals surface area contributed by atoms with E-state index in [1.54, 1.807) is 0 Å². The van der Waals surface area contributed by atoms with Gasteiger partial charge >= 0.3 is 40.4 Å². The number of hydrogen-bond acceptors (Lipinski definition) is 14. The van der Waals surface area contributed by atoms with Crippen molar-refractivity contribution in [1.29, 1.82) is 0 Å². The van der Waals surface area contributed by atoms with Gasteiger partial charge in [0.2, 0.25) is 5.82 Å². The van der Waals surface area contributed by atoms with E-state index in [0.717, 1.165) is 5.57 Å². The van der Waals surface area contributed by atoms with Crippen molar-refractivity contribution in [2.24, 2.45) is 20.7 Å². The summed E-state index contributed by atoms with van der Waals surface area (Å²) in [5.74, 6) is 0.565. The van der Waals surface area contributed by atoms with Crippen LogP contribution in [-0.4, -0.2) is 27.2 Å². The van der Waals surface area contributed by atoms with Crippen LogP contribution in [0, 0.1) is 86.4 Å². The summed E-state index contributed by atoms with van der Waals surface area (Å²) < 4.78 is 0. The Morgan fingerprint density at radius 3 is 1.21 bits per heavy atom. The van der Waals surface area contributed by atoms with E-state index >= 15 is 0 Å². The molecular weight excluding hydrogens is 554 g/mol. The summed E-state index contributed by atoms with van der Waals surface area (Å²) in [6.45, 7) is 0. The van der Waals surface area contributed by atoms with Crippen LogP contribution in [-0.2, 0) is 21.9 Å². The molecule has 0 saturated carbocycles. The first-order chi connectivity index (χ1) is 11.1. The normalized spacial score (nSPS) is 10.7. The van der Waals surface area contributed by atoms with Gasteiger partial charge in [0.05, 0.1) is 15.3 Å². The maximum Gasteiger partial charge on any atom is 3.00 e. The maximum absolute atomic E-state index is 8.25. The largest absolute Gasteiger partial charge is 3.00 e. The third-order valence-electron chi connectivity index (χ3n) is 1.56. The SMILES string of the molecule is CN1C=CC(=C2N=NN=N2)C=C1.O=[N+]([O-])[O-].O=[N+]([O-])[O-].O=[N+]([O-])[O-].[OH3+].[OH3+].[OH3+].[OH3+].[Sm+3]. The van der Waals surface area contributed by atoms with Gasteiger partial charge in [-0.05, 0) is 22.6 Å². The van der Waals surface area contributed by atoms with Gasteiger partial charge in [0.1, 0.15) is 0 Å². The zero-order valence-corrected chi connectivity index (χ0v) is 16.9. The molecule has 0 fully saturated rings. The van der Waals surface area contributed by atoms with Gasteiger partial charge in [0.25, 0.3) is 0 Å². The summed E-state index contributed by atoms with van der Waals surface area (Å²) >= 11 is 0. The Labute approximate surface area is 191 Å². The molecule has 2 heterocycles. The van der Waals surface area contributed by atoms with E-state index in [4.69, 9.17) is 46.0 Å². The fourth-order valence-electron chi connectivity index (χ4n) is 0.910. The fourth-order valence-corrected chi connectivity index (χ4v) is 0.910. The molecule has 1 radical (unpaired) electrons. The van der Waals surface area contributed by atoms with Crippen LogP contribution in [0.4, 0.5) is 0 Å². The van der Waals surface area contributed by atoms with Crippen LogP contribution in [0.2, 0.25) is 0 Å². The molecule has 0 amide bonds. The summed E-state index contributed by atoms with van der Waals surface area (Å²) in [7, 11) is 1.95. The van der Waals surface area contributed by atoms with Gasteiger partial charge in [-0.25, -0.2) is 0 Å². The molecule has 21 nitrogen and oxygen atoms in total. The minimum absolute atomic E-state index is 0. The molecule has 0 aromatic carbocycles. The van der Waals surface area contributed by atoms with Crippen molar-refractivity contribution < 1.29 is 77.6 Å².